The first-order valence-electron chi connectivity index (χ1n) is 10.3. The summed E-state index contributed by atoms with van der Waals surface area (Å²) in [4.78, 5) is 4.59. The van der Waals surface area contributed by atoms with Crippen LogP contribution >= 0.6 is 24.0 Å². The number of aliphatic hydroxyl groups excluding tert-OH is 1. The molecule has 33 heavy (non-hydrogen) atoms. The van der Waals surface area contributed by atoms with Crippen molar-refractivity contribution >= 4 is 29.9 Å². The molecule has 0 aliphatic carbocycles. The van der Waals surface area contributed by atoms with Crippen LogP contribution in [-0.4, -0.2) is 40.5 Å². The van der Waals surface area contributed by atoms with Crippen LogP contribution in [0.5, 0.6) is 5.75 Å². The summed E-state index contributed by atoms with van der Waals surface area (Å²) in [5.41, 5.74) is 2.78. The van der Waals surface area contributed by atoms with Gasteiger partial charge in [0.05, 0.1) is 19.2 Å². The minimum Gasteiger partial charge on any atom is -0.435 e. The zero-order valence-electron chi connectivity index (χ0n) is 18.2. The van der Waals surface area contributed by atoms with Crippen LogP contribution in [0.2, 0.25) is 0 Å². The van der Waals surface area contributed by atoms with Crippen molar-refractivity contribution in [1.29, 1.82) is 0 Å². The van der Waals surface area contributed by atoms with Crippen LogP contribution in [0.3, 0.4) is 0 Å². The fraction of sp³-hybridized carbons (Fsp3) is 0.304. The number of aliphatic imine (C=N–C) groups is 1. The Morgan fingerprint density at radius 3 is 2.55 bits per heavy atom. The maximum absolute atomic E-state index is 12.3. The SMILES string of the molecule is CCNC(=NCc1cccc(Cn2cccn2)c1)NCC(O)c1ccc(OC(F)F)cc1.I. The number of nitrogens with zero attached hydrogens (tertiary/aromatic N) is 3. The Morgan fingerprint density at radius 1 is 1.12 bits per heavy atom. The average molecular weight is 571 g/mol. The van der Waals surface area contributed by atoms with Crippen molar-refractivity contribution in [3.8, 4) is 5.75 Å². The van der Waals surface area contributed by atoms with E-state index in [1.54, 1.807) is 18.3 Å². The molecule has 0 bridgehead atoms. The van der Waals surface area contributed by atoms with Crippen molar-refractivity contribution in [3.05, 3.63) is 83.7 Å². The van der Waals surface area contributed by atoms with Gasteiger partial charge in [0.15, 0.2) is 5.96 Å². The number of halogens is 3. The minimum absolute atomic E-state index is 0. The Balaban J connectivity index is 0.00000385. The fourth-order valence-electron chi connectivity index (χ4n) is 3.10. The normalized spacial score (nSPS) is 12.2. The summed E-state index contributed by atoms with van der Waals surface area (Å²) in [7, 11) is 0. The van der Waals surface area contributed by atoms with Crippen LogP contribution in [0.25, 0.3) is 0 Å². The standard InChI is InChI=1S/C23H27F2N5O2.HI/c1-2-26-23(28-15-21(31)19-7-9-20(10-8-19)32-22(24)25)27-14-17-5-3-6-18(13-17)16-30-12-4-11-29-30;/h3-13,21-22,31H,2,14-16H2,1H3,(H2,26,27,28);1H. The Morgan fingerprint density at radius 2 is 1.88 bits per heavy atom. The van der Waals surface area contributed by atoms with E-state index in [0.29, 0.717) is 31.2 Å². The molecule has 1 heterocycles. The Bertz CT molecular complexity index is 985. The molecule has 0 aliphatic heterocycles. The molecule has 0 spiro atoms. The molecule has 0 fully saturated rings. The second-order valence-electron chi connectivity index (χ2n) is 7.06. The Labute approximate surface area is 208 Å². The lowest BCUT2D eigenvalue weighted by Crippen LogP contribution is -2.39. The van der Waals surface area contributed by atoms with Crippen molar-refractivity contribution in [3.63, 3.8) is 0 Å². The summed E-state index contributed by atoms with van der Waals surface area (Å²) < 4.78 is 30.7. The van der Waals surface area contributed by atoms with Crippen molar-refractivity contribution in [2.45, 2.75) is 32.7 Å². The predicted molar refractivity (Wildman–Crippen MR) is 134 cm³/mol. The summed E-state index contributed by atoms with van der Waals surface area (Å²) in [6, 6.07) is 16.0. The number of benzene rings is 2. The number of rotatable bonds is 10. The molecular formula is C23H28F2IN5O2. The number of hydrogen-bond acceptors (Lipinski definition) is 4. The fourth-order valence-corrected chi connectivity index (χ4v) is 3.10. The lowest BCUT2D eigenvalue weighted by molar-refractivity contribution is -0.0498. The summed E-state index contributed by atoms with van der Waals surface area (Å²) in [5, 5.41) is 20.9. The van der Waals surface area contributed by atoms with Gasteiger partial charge in [0.25, 0.3) is 0 Å². The van der Waals surface area contributed by atoms with Crippen molar-refractivity contribution in [2.75, 3.05) is 13.1 Å². The van der Waals surface area contributed by atoms with Crippen LogP contribution < -0.4 is 15.4 Å². The number of aromatic nitrogens is 2. The molecule has 0 amide bonds. The number of ether oxygens (including phenoxy) is 1. The minimum atomic E-state index is -2.88. The molecule has 0 aliphatic rings. The van der Waals surface area contributed by atoms with Crippen LogP contribution in [0.1, 0.15) is 29.7 Å². The molecule has 0 saturated carbocycles. The van der Waals surface area contributed by atoms with Crippen LogP contribution in [-0.2, 0) is 13.1 Å². The molecule has 3 aromatic rings. The maximum atomic E-state index is 12.3. The van der Waals surface area contributed by atoms with Crippen molar-refractivity contribution in [2.24, 2.45) is 4.99 Å². The van der Waals surface area contributed by atoms with E-state index in [1.807, 2.05) is 42.1 Å². The molecular weight excluding hydrogens is 543 g/mol. The third-order valence-electron chi connectivity index (χ3n) is 4.61. The second kappa shape index (κ2) is 13.7. The Kier molecular flexibility index (Phi) is 11.0. The Hall–Kier alpha value is -2.73. The van der Waals surface area contributed by atoms with E-state index in [4.69, 9.17) is 0 Å². The van der Waals surface area contributed by atoms with Crippen molar-refractivity contribution in [1.82, 2.24) is 20.4 Å². The zero-order valence-corrected chi connectivity index (χ0v) is 20.5. The van der Waals surface area contributed by atoms with E-state index in [9.17, 15) is 13.9 Å². The van der Waals surface area contributed by atoms with E-state index in [1.165, 1.54) is 12.1 Å². The lowest BCUT2D eigenvalue weighted by atomic mass is 10.1. The molecule has 2 aromatic carbocycles. The van der Waals surface area contributed by atoms with E-state index >= 15 is 0 Å². The number of alkyl halides is 2. The third kappa shape index (κ3) is 8.97. The molecule has 10 heteroatoms. The number of hydrogen-bond donors (Lipinski definition) is 3. The quantitative estimate of drug-likeness (QED) is 0.195. The smallest absolute Gasteiger partial charge is 0.387 e. The van der Waals surface area contributed by atoms with Gasteiger partial charge in [-0.3, -0.25) is 4.68 Å². The lowest BCUT2D eigenvalue weighted by Gasteiger charge is -2.16. The molecule has 0 saturated heterocycles. The molecule has 3 N–H and O–H groups in total. The summed E-state index contributed by atoms with van der Waals surface area (Å²) in [6.45, 7) is 1.12. The summed E-state index contributed by atoms with van der Waals surface area (Å²) in [6.07, 6.45) is 2.84. The molecule has 1 unspecified atom stereocenters. The van der Waals surface area contributed by atoms with Gasteiger partial charge in [-0.15, -0.1) is 24.0 Å². The molecule has 178 valence electrons. The van der Waals surface area contributed by atoms with Gasteiger partial charge in [0.1, 0.15) is 5.75 Å². The predicted octanol–water partition coefficient (Wildman–Crippen LogP) is 3.94. The monoisotopic (exact) mass is 571 g/mol. The van der Waals surface area contributed by atoms with Gasteiger partial charge >= 0.3 is 6.61 Å². The first-order chi connectivity index (χ1) is 15.5. The van der Waals surface area contributed by atoms with Crippen LogP contribution in [0.4, 0.5) is 8.78 Å². The largest absolute Gasteiger partial charge is 0.435 e. The first-order valence-corrected chi connectivity index (χ1v) is 10.3. The van der Waals surface area contributed by atoms with Crippen LogP contribution in [0, 0.1) is 0 Å². The molecule has 1 atom stereocenters. The highest BCUT2D eigenvalue weighted by Gasteiger charge is 2.10. The van der Waals surface area contributed by atoms with E-state index in [2.05, 4.69) is 31.5 Å². The first kappa shape index (κ1) is 26.5. The highest BCUT2D eigenvalue weighted by Crippen LogP contribution is 2.19. The van der Waals surface area contributed by atoms with E-state index in [0.717, 1.165) is 11.1 Å². The van der Waals surface area contributed by atoms with E-state index in [-0.39, 0.29) is 36.3 Å². The topological polar surface area (TPSA) is 83.7 Å². The average Bonchev–Trinajstić information content (AvgIpc) is 3.29. The molecule has 7 nitrogen and oxygen atoms in total. The summed E-state index contributed by atoms with van der Waals surface area (Å²) in [5.74, 6) is 0.621. The summed E-state index contributed by atoms with van der Waals surface area (Å²) >= 11 is 0. The van der Waals surface area contributed by atoms with E-state index < -0.39 is 12.7 Å². The zero-order chi connectivity index (χ0) is 22.8. The van der Waals surface area contributed by atoms with Gasteiger partial charge in [-0.05, 0) is 41.8 Å². The van der Waals surface area contributed by atoms with Crippen LogP contribution in [0.15, 0.2) is 72.0 Å². The van der Waals surface area contributed by atoms with Gasteiger partial charge in [-0.25, -0.2) is 4.99 Å². The molecule has 1 aromatic heterocycles. The molecule has 0 radical (unpaired) electrons. The van der Waals surface area contributed by atoms with Gasteiger partial charge < -0.3 is 20.5 Å². The number of guanidine groups is 1. The maximum Gasteiger partial charge on any atom is 0.387 e. The number of nitrogens with one attached hydrogen (secondary N) is 2. The van der Waals surface area contributed by atoms with Gasteiger partial charge in [-0.2, -0.15) is 13.9 Å². The van der Waals surface area contributed by atoms with Gasteiger partial charge in [-0.1, -0.05) is 36.4 Å². The van der Waals surface area contributed by atoms with Crippen molar-refractivity contribution < 1.29 is 18.6 Å². The number of aliphatic hydroxyl groups is 1. The van der Waals surface area contributed by atoms with Gasteiger partial charge in [0, 0.05) is 25.5 Å². The second-order valence-corrected chi connectivity index (χ2v) is 7.06. The third-order valence-corrected chi connectivity index (χ3v) is 4.61. The van der Waals surface area contributed by atoms with Gasteiger partial charge in [0.2, 0.25) is 0 Å². The highest BCUT2D eigenvalue weighted by molar-refractivity contribution is 14.0. The highest BCUT2D eigenvalue weighted by atomic mass is 127. The molecule has 3 rings (SSSR count).